The van der Waals surface area contributed by atoms with E-state index in [1.165, 1.54) is 22.6 Å². The van der Waals surface area contributed by atoms with Crippen LogP contribution in [-0.2, 0) is 25.8 Å². The molecule has 0 saturated heterocycles. The highest BCUT2D eigenvalue weighted by Crippen LogP contribution is 2.33. The first-order valence-corrected chi connectivity index (χ1v) is 12.0. The monoisotopic (exact) mass is 463 g/mol. The van der Waals surface area contributed by atoms with E-state index in [-0.39, 0.29) is 11.4 Å². The second-order valence-corrected chi connectivity index (χ2v) is 9.57. The minimum Gasteiger partial charge on any atom is -0.497 e. The van der Waals surface area contributed by atoms with Crippen molar-refractivity contribution in [2.24, 2.45) is 0 Å². The molecule has 5 nitrogen and oxygen atoms in total. The van der Waals surface area contributed by atoms with Crippen molar-refractivity contribution in [2.75, 3.05) is 13.7 Å². The lowest BCUT2D eigenvalue weighted by molar-refractivity contribution is 0.414. The van der Waals surface area contributed by atoms with Crippen LogP contribution in [0.4, 0.5) is 4.39 Å². The Morgan fingerprint density at radius 2 is 2.06 bits per heavy atom. The summed E-state index contributed by atoms with van der Waals surface area (Å²) < 4.78 is 20.1. The third-order valence-electron chi connectivity index (χ3n) is 6.28. The van der Waals surface area contributed by atoms with Crippen LogP contribution in [0.25, 0.3) is 10.2 Å². The highest BCUT2D eigenvalue weighted by molar-refractivity contribution is 7.18. The van der Waals surface area contributed by atoms with E-state index in [4.69, 9.17) is 4.74 Å². The molecule has 170 valence electrons. The summed E-state index contributed by atoms with van der Waals surface area (Å²) in [4.78, 5) is 20.0. The van der Waals surface area contributed by atoms with Crippen molar-refractivity contribution in [1.29, 1.82) is 0 Å². The quantitative estimate of drug-likeness (QED) is 0.443. The Morgan fingerprint density at radius 3 is 2.88 bits per heavy atom. The van der Waals surface area contributed by atoms with Crippen molar-refractivity contribution in [3.8, 4) is 5.75 Å². The molecule has 0 aliphatic heterocycles. The predicted octanol–water partition coefficient (Wildman–Crippen LogP) is 4.34. The average molecular weight is 464 g/mol. The van der Waals surface area contributed by atoms with Gasteiger partial charge in [0, 0.05) is 10.9 Å². The van der Waals surface area contributed by atoms with Gasteiger partial charge in [0.1, 0.15) is 16.4 Å². The molecule has 1 aliphatic carbocycles. The topological polar surface area (TPSA) is 56.2 Å². The summed E-state index contributed by atoms with van der Waals surface area (Å²) in [5.74, 6) is 0.577. The number of nitrogens with zero attached hydrogens (tertiary/aromatic N) is 2. The van der Waals surface area contributed by atoms with Gasteiger partial charge in [0.2, 0.25) is 0 Å². The van der Waals surface area contributed by atoms with E-state index in [2.05, 4.69) is 10.3 Å². The SMILES string of the molecule is COc1cccc(Cn2cnc3sc4c(c3c2=O)CCC(NCCc2ccc(F)cc2)C4)c1. The molecule has 5 rings (SSSR count). The molecule has 0 radical (unpaired) electrons. The second-order valence-electron chi connectivity index (χ2n) is 8.48. The van der Waals surface area contributed by atoms with Gasteiger partial charge in [-0.05, 0) is 73.2 Å². The van der Waals surface area contributed by atoms with Crippen LogP contribution >= 0.6 is 11.3 Å². The number of fused-ring (bicyclic) bond motifs is 3. The highest BCUT2D eigenvalue weighted by Gasteiger charge is 2.25. The fourth-order valence-electron chi connectivity index (χ4n) is 4.53. The molecule has 0 fully saturated rings. The summed E-state index contributed by atoms with van der Waals surface area (Å²) in [5, 5.41) is 4.42. The van der Waals surface area contributed by atoms with Gasteiger partial charge in [0.25, 0.3) is 5.56 Å². The Bertz CT molecular complexity index is 1330. The summed E-state index contributed by atoms with van der Waals surface area (Å²) in [7, 11) is 1.64. The third kappa shape index (κ3) is 4.70. The molecular weight excluding hydrogens is 437 g/mol. The zero-order valence-electron chi connectivity index (χ0n) is 18.5. The number of benzene rings is 2. The van der Waals surface area contributed by atoms with Crippen LogP contribution in [0.1, 0.15) is 28.0 Å². The number of thiophene rings is 1. The van der Waals surface area contributed by atoms with Gasteiger partial charge < -0.3 is 10.1 Å². The van der Waals surface area contributed by atoms with Crippen LogP contribution < -0.4 is 15.6 Å². The standard InChI is InChI=1S/C26H26FN3O2S/c1-32-21-4-2-3-18(13-21)15-30-16-29-25-24(26(30)31)22-10-9-20(14-23(22)33-25)28-12-11-17-5-7-19(27)8-6-17/h2-8,13,16,20,28H,9-12,14-15H2,1H3. The molecular formula is C26H26FN3O2S. The normalized spacial score (nSPS) is 15.5. The lowest BCUT2D eigenvalue weighted by atomic mass is 9.93. The van der Waals surface area contributed by atoms with Crippen molar-refractivity contribution < 1.29 is 9.13 Å². The van der Waals surface area contributed by atoms with Crippen LogP contribution in [0.3, 0.4) is 0 Å². The number of aromatic nitrogens is 2. The molecule has 1 N–H and O–H groups in total. The van der Waals surface area contributed by atoms with Crippen molar-refractivity contribution in [3.05, 3.63) is 92.6 Å². The molecule has 1 aliphatic rings. The molecule has 1 atom stereocenters. The van der Waals surface area contributed by atoms with Gasteiger partial charge in [-0.3, -0.25) is 9.36 Å². The summed E-state index contributed by atoms with van der Waals surface area (Å²) in [6, 6.07) is 14.8. The number of hydrogen-bond donors (Lipinski definition) is 1. The average Bonchev–Trinajstić information content (AvgIpc) is 3.21. The van der Waals surface area contributed by atoms with E-state index in [1.54, 1.807) is 29.3 Å². The van der Waals surface area contributed by atoms with E-state index in [9.17, 15) is 9.18 Å². The Labute approximate surface area is 195 Å². The second kappa shape index (κ2) is 9.45. The van der Waals surface area contributed by atoms with Crippen molar-refractivity contribution in [1.82, 2.24) is 14.9 Å². The van der Waals surface area contributed by atoms with E-state index in [0.717, 1.165) is 59.3 Å². The first-order chi connectivity index (χ1) is 16.1. The van der Waals surface area contributed by atoms with Crippen molar-refractivity contribution in [2.45, 2.75) is 38.3 Å². The Hall–Kier alpha value is -3.03. The lowest BCUT2D eigenvalue weighted by Crippen LogP contribution is -2.35. The number of ether oxygens (including phenoxy) is 1. The van der Waals surface area contributed by atoms with Gasteiger partial charge >= 0.3 is 0 Å². The van der Waals surface area contributed by atoms with Crippen LogP contribution in [0, 0.1) is 5.82 Å². The van der Waals surface area contributed by atoms with E-state index in [1.807, 2.05) is 36.4 Å². The van der Waals surface area contributed by atoms with Crippen LogP contribution in [-0.4, -0.2) is 29.2 Å². The zero-order valence-corrected chi connectivity index (χ0v) is 19.3. The number of aryl methyl sites for hydroxylation is 1. The fraction of sp³-hybridized carbons (Fsp3) is 0.308. The molecule has 7 heteroatoms. The third-order valence-corrected chi connectivity index (χ3v) is 7.45. The molecule has 1 unspecified atom stereocenters. The Kier molecular flexibility index (Phi) is 6.24. The number of rotatable bonds is 7. The van der Waals surface area contributed by atoms with E-state index < -0.39 is 0 Å². The minimum absolute atomic E-state index is 0.0306. The smallest absolute Gasteiger partial charge is 0.262 e. The summed E-state index contributed by atoms with van der Waals surface area (Å²) in [6.45, 7) is 1.32. The van der Waals surface area contributed by atoms with Gasteiger partial charge in [0.05, 0.1) is 25.4 Å². The maximum Gasteiger partial charge on any atom is 0.262 e. The van der Waals surface area contributed by atoms with Gasteiger partial charge in [-0.15, -0.1) is 11.3 Å². The highest BCUT2D eigenvalue weighted by atomic mass is 32.1. The lowest BCUT2D eigenvalue weighted by Gasteiger charge is -2.23. The van der Waals surface area contributed by atoms with Gasteiger partial charge in [-0.1, -0.05) is 24.3 Å². The largest absolute Gasteiger partial charge is 0.497 e. The molecule has 0 saturated carbocycles. The zero-order chi connectivity index (χ0) is 22.8. The van der Waals surface area contributed by atoms with E-state index in [0.29, 0.717) is 12.6 Å². The minimum atomic E-state index is -0.201. The molecule has 2 aromatic carbocycles. The number of halogens is 1. The summed E-state index contributed by atoms with van der Waals surface area (Å²) in [5.41, 5.74) is 3.34. The predicted molar refractivity (Wildman–Crippen MR) is 130 cm³/mol. The van der Waals surface area contributed by atoms with Crippen LogP contribution in [0.15, 0.2) is 59.7 Å². The number of hydrogen-bond acceptors (Lipinski definition) is 5. The summed E-state index contributed by atoms with van der Waals surface area (Å²) in [6.07, 6.45) is 5.31. The molecule has 0 spiro atoms. The molecule has 0 bridgehead atoms. The number of nitrogens with one attached hydrogen (secondary N) is 1. The number of methoxy groups -OCH3 is 1. The molecule has 4 aromatic rings. The van der Waals surface area contributed by atoms with Gasteiger partial charge in [0.15, 0.2) is 0 Å². The summed E-state index contributed by atoms with van der Waals surface area (Å²) >= 11 is 1.64. The van der Waals surface area contributed by atoms with Gasteiger partial charge in [-0.25, -0.2) is 9.37 Å². The maximum atomic E-state index is 13.3. The molecule has 0 amide bonds. The Morgan fingerprint density at radius 1 is 1.21 bits per heavy atom. The Balaban J connectivity index is 1.30. The first kappa shape index (κ1) is 21.8. The van der Waals surface area contributed by atoms with E-state index >= 15 is 0 Å². The maximum absolute atomic E-state index is 13.3. The fourth-order valence-corrected chi connectivity index (χ4v) is 5.78. The molecule has 2 heterocycles. The van der Waals surface area contributed by atoms with Crippen molar-refractivity contribution >= 4 is 21.6 Å². The molecule has 33 heavy (non-hydrogen) atoms. The first-order valence-electron chi connectivity index (χ1n) is 11.2. The molecule has 2 aromatic heterocycles. The van der Waals surface area contributed by atoms with Gasteiger partial charge in [-0.2, -0.15) is 0 Å². The van der Waals surface area contributed by atoms with Crippen LogP contribution in [0.2, 0.25) is 0 Å². The van der Waals surface area contributed by atoms with Crippen molar-refractivity contribution in [3.63, 3.8) is 0 Å². The van der Waals surface area contributed by atoms with Crippen LogP contribution in [0.5, 0.6) is 5.75 Å².